The predicted molar refractivity (Wildman–Crippen MR) is 85.3 cm³/mol. The van der Waals surface area contributed by atoms with Gasteiger partial charge in [0.15, 0.2) is 0 Å². The van der Waals surface area contributed by atoms with Gasteiger partial charge in [0.2, 0.25) is 0 Å². The van der Waals surface area contributed by atoms with Crippen molar-refractivity contribution >= 4 is 15.9 Å². The van der Waals surface area contributed by atoms with E-state index in [1.807, 2.05) is 0 Å². The number of hydrogen-bond donors (Lipinski definition) is 1. The highest BCUT2D eigenvalue weighted by Crippen LogP contribution is 2.32. The van der Waals surface area contributed by atoms with Crippen LogP contribution in [0.25, 0.3) is 0 Å². The van der Waals surface area contributed by atoms with Gasteiger partial charge in [-0.05, 0) is 49.5 Å². The summed E-state index contributed by atoms with van der Waals surface area (Å²) in [6, 6.07) is 8.67. The molecule has 0 aliphatic carbocycles. The Balaban J connectivity index is 1.92. The summed E-state index contributed by atoms with van der Waals surface area (Å²) in [4.78, 5) is 2.48. The Morgan fingerprint density at radius 1 is 1.32 bits per heavy atom. The third kappa shape index (κ3) is 4.30. The molecule has 1 aromatic rings. The highest BCUT2D eigenvalue weighted by Gasteiger charge is 2.33. The van der Waals surface area contributed by atoms with E-state index in [1.165, 1.54) is 44.5 Å². The summed E-state index contributed by atoms with van der Waals surface area (Å²) in [7, 11) is 2.25. The average Bonchev–Trinajstić information content (AvgIpc) is 2.81. The summed E-state index contributed by atoms with van der Waals surface area (Å²) in [5.41, 5.74) is 1.89. The van der Waals surface area contributed by atoms with Gasteiger partial charge >= 0.3 is 0 Å². The Hall–Kier alpha value is -0.380. The molecule has 1 unspecified atom stereocenters. The first-order valence-corrected chi connectivity index (χ1v) is 8.06. The smallest absolute Gasteiger partial charge is 0.0230 e. The molecule has 2 rings (SSSR count). The third-order valence-corrected chi connectivity index (χ3v) is 4.61. The van der Waals surface area contributed by atoms with Gasteiger partial charge in [-0.3, -0.25) is 0 Å². The molecule has 2 nitrogen and oxygen atoms in total. The molecule has 0 radical (unpaired) electrons. The molecule has 1 atom stereocenters. The minimum absolute atomic E-state index is 0.499. The Morgan fingerprint density at radius 3 is 2.63 bits per heavy atom. The summed E-state index contributed by atoms with van der Waals surface area (Å²) in [5, 5.41) is 3.54. The van der Waals surface area contributed by atoms with Crippen molar-refractivity contribution in [3.05, 3.63) is 34.3 Å². The van der Waals surface area contributed by atoms with E-state index in [2.05, 4.69) is 64.4 Å². The van der Waals surface area contributed by atoms with Crippen LogP contribution in [0.4, 0.5) is 0 Å². The van der Waals surface area contributed by atoms with E-state index in [0.29, 0.717) is 5.41 Å². The van der Waals surface area contributed by atoms with E-state index in [0.717, 1.165) is 11.0 Å². The summed E-state index contributed by atoms with van der Waals surface area (Å²) in [6.45, 7) is 6.91. The zero-order chi connectivity index (χ0) is 13.7. The lowest BCUT2D eigenvalue weighted by Crippen LogP contribution is -2.37. The molecular weight excluding hydrogens is 300 g/mol. The van der Waals surface area contributed by atoms with Gasteiger partial charge in [-0.15, -0.1) is 0 Å². The van der Waals surface area contributed by atoms with Crippen LogP contribution in [-0.4, -0.2) is 31.6 Å². The van der Waals surface area contributed by atoms with Crippen molar-refractivity contribution in [1.29, 1.82) is 0 Å². The van der Waals surface area contributed by atoms with E-state index < -0.39 is 0 Å². The molecule has 0 saturated carbocycles. The van der Waals surface area contributed by atoms with Crippen LogP contribution in [0.1, 0.15) is 31.7 Å². The van der Waals surface area contributed by atoms with Gasteiger partial charge in [-0.25, -0.2) is 0 Å². The topological polar surface area (TPSA) is 15.3 Å². The van der Waals surface area contributed by atoms with Gasteiger partial charge in [-0.1, -0.05) is 41.4 Å². The maximum Gasteiger partial charge on any atom is 0.0230 e. The standard InChI is InChI=1S/C16H25BrN2/c1-3-8-16(9-10-18-12-16)13-19(2)11-14-4-6-15(17)7-5-14/h4-7,18H,3,8-13H2,1-2H3. The lowest BCUT2D eigenvalue weighted by molar-refractivity contribution is 0.172. The van der Waals surface area contributed by atoms with E-state index in [1.54, 1.807) is 0 Å². The van der Waals surface area contributed by atoms with Crippen molar-refractivity contribution in [3.8, 4) is 0 Å². The third-order valence-electron chi connectivity index (χ3n) is 4.08. The molecule has 1 aromatic carbocycles. The van der Waals surface area contributed by atoms with Crippen LogP contribution in [0.3, 0.4) is 0 Å². The molecule has 0 spiro atoms. The van der Waals surface area contributed by atoms with Crippen LogP contribution in [0.5, 0.6) is 0 Å². The molecule has 0 bridgehead atoms. The van der Waals surface area contributed by atoms with Crippen LogP contribution in [0.2, 0.25) is 0 Å². The van der Waals surface area contributed by atoms with Gasteiger partial charge in [-0.2, -0.15) is 0 Å². The fourth-order valence-electron chi connectivity index (χ4n) is 3.28. The number of nitrogens with zero attached hydrogens (tertiary/aromatic N) is 1. The molecule has 0 aromatic heterocycles. The highest BCUT2D eigenvalue weighted by molar-refractivity contribution is 9.10. The molecular formula is C16H25BrN2. The lowest BCUT2D eigenvalue weighted by atomic mass is 9.82. The minimum Gasteiger partial charge on any atom is -0.316 e. The first-order valence-electron chi connectivity index (χ1n) is 7.27. The molecule has 1 heterocycles. The molecule has 1 aliphatic heterocycles. The van der Waals surface area contributed by atoms with Gasteiger partial charge < -0.3 is 10.2 Å². The Bertz CT molecular complexity index is 382. The van der Waals surface area contributed by atoms with Gasteiger partial charge in [0, 0.05) is 24.1 Å². The zero-order valence-corrected chi connectivity index (χ0v) is 13.7. The molecule has 1 fully saturated rings. The quantitative estimate of drug-likeness (QED) is 0.859. The Kier molecular flexibility index (Phi) is 5.43. The van der Waals surface area contributed by atoms with E-state index >= 15 is 0 Å². The summed E-state index contributed by atoms with van der Waals surface area (Å²) in [6.07, 6.45) is 3.95. The van der Waals surface area contributed by atoms with Gasteiger partial charge in [0.25, 0.3) is 0 Å². The van der Waals surface area contributed by atoms with Crippen LogP contribution in [-0.2, 0) is 6.54 Å². The van der Waals surface area contributed by atoms with E-state index in [9.17, 15) is 0 Å². The second-order valence-electron chi connectivity index (χ2n) is 5.98. The number of hydrogen-bond acceptors (Lipinski definition) is 2. The SMILES string of the molecule is CCCC1(CN(C)Cc2ccc(Br)cc2)CCNC1. The average molecular weight is 325 g/mol. The fraction of sp³-hybridized carbons (Fsp3) is 0.625. The molecule has 1 N–H and O–H groups in total. The summed E-state index contributed by atoms with van der Waals surface area (Å²) < 4.78 is 1.15. The van der Waals surface area contributed by atoms with Crippen molar-refractivity contribution in [3.63, 3.8) is 0 Å². The van der Waals surface area contributed by atoms with E-state index in [4.69, 9.17) is 0 Å². The molecule has 19 heavy (non-hydrogen) atoms. The van der Waals surface area contributed by atoms with Crippen molar-refractivity contribution in [1.82, 2.24) is 10.2 Å². The largest absolute Gasteiger partial charge is 0.316 e. The van der Waals surface area contributed by atoms with E-state index in [-0.39, 0.29) is 0 Å². The molecule has 0 amide bonds. The summed E-state index contributed by atoms with van der Waals surface area (Å²) >= 11 is 3.49. The number of nitrogens with one attached hydrogen (secondary N) is 1. The lowest BCUT2D eigenvalue weighted by Gasteiger charge is -2.33. The molecule has 1 saturated heterocycles. The maximum atomic E-state index is 3.54. The van der Waals surface area contributed by atoms with Crippen LogP contribution in [0.15, 0.2) is 28.7 Å². The first-order chi connectivity index (χ1) is 9.13. The van der Waals surface area contributed by atoms with Gasteiger partial charge in [0.05, 0.1) is 0 Å². The van der Waals surface area contributed by atoms with Crippen LogP contribution >= 0.6 is 15.9 Å². The van der Waals surface area contributed by atoms with Crippen molar-refractivity contribution < 1.29 is 0 Å². The normalized spacial score (nSPS) is 23.2. The predicted octanol–water partition coefficient (Wildman–Crippen LogP) is 3.66. The Labute approximate surface area is 125 Å². The first kappa shape index (κ1) is 15.0. The van der Waals surface area contributed by atoms with Crippen LogP contribution < -0.4 is 5.32 Å². The highest BCUT2D eigenvalue weighted by atomic mass is 79.9. The maximum absolute atomic E-state index is 3.54. The van der Waals surface area contributed by atoms with Crippen molar-refractivity contribution in [2.45, 2.75) is 32.7 Å². The summed E-state index contributed by atoms with van der Waals surface area (Å²) in [5.74, 6) is 0. The minimum atomic E-state index is 0.499. The second-order valence-corrected chi connectivity index (χ2v) is 6.89. The number of rotatable bonds is 6. The van der Waals surface area contributed by atoms with Crippen molar-refractivity contribution in [2.24, 2.45) is 5.41 Å². The second kappa shape index (κ2) is 6.87. The monoisotopic (exact) mass is 324 g/mol. The van der Waals surface area contributed by atoms with Crippen LogP contribution in [0, 0.1) is 5.41 Å². The number of benzene rings is 1. The number of halogens is 1. The van der Waals surface area contributed by atoms with Crippen molar-refractivity contribution in [2.75, 3.05) is 26.7 Å². The zero-order valence-electron chi connectivity index (χ0n) is 12.1. The fourth-order valence-corrected chi connectivity index (χ4v) is 3.55. The molecule has 3 heteroatoms. The molecule has 106 valence electrons. The Morgan fingerprint density at radius 2 is 2.05 bits per heavy atom. The van der Waals surface area contributed by atoms with Gasteiger partial charge in [0.1, 0.15) is 0 Å². The molecule has 1 aliphatic rings.